The minimum absolute atomic E-state index is 0.230. The zero-order valence-corrected chi connectivity index (χ0v) is 12.5. The third kappa shape index (κ3) is 2.38. The molecule has 2 nitrogen and oxygen atoms in total. The van der Waals surface area contributed by atoms with Crippen molar-refractivity contribution in [2.75, 3.05) is 31.1 Å². The van der Waals surface area contributed by atoms with Gasteiger partial charge < -0.3 is 10.2 Å². The number of rotatable bonds is 1. The lowest BCUT2D eigenvalue weighted by atomic mass is 9.71. The lowest BCUT2D eigenvalue weighted by Crippen LogP contribution is -2.60. The third-order valence-electron chi connectivity index (χ3n) is 4.77. The van der Waals surface area contributed by atoms with Crippen LogP contribution in [0.1, 0.15) is 39.2 Å². The summed E-state index contributed by atoms with van der Waals surface area (Å²) in [5, 5.41) is 3.48. The van der Waals surface area contributed by atoms with Crippen LogP contribution in [0.4, 0.5) is 5.69 Å². The number of hydrogen-bond acceptors (Lipinski definition) is 2. The van der Waals surface area contributed by atoms with Crippen molar-refractivity contribution < 1.29 is 0 Å². The number of piperidine rings is 1. The Hall–Kier alpha value is -1.02. The average molecular weight is 258 g/mol. The predicted octanol–water partition coefficient (Wildman–Crippen LogP) is 3.17. The second kappa shape index (κ2) is 4.52. The quantitative estimate of drug-likeness (QED) is 0.832. The van der Waals surface area contributed by atoms with Crippen LogP contribution in [-0.2, 0) is 5.41 Å². The minimum atomic E-state index is 0.230. The molecule has 2 aliphatic rings. The van der Waals surface area contributed by atoms with E-state index < -0.39 is 0 Å². The highest BCUT2D eigenvalue weighted by Gasteiger charge is 2.44. The first-order chi connectivity index (χ1) is 9.00. The molecule has 2 aliphatic heterocycles. The molecule has 0 bridgehead atoms. The molecule has 0 unspecified atom stereocenters. The number of anilines is 1. The fraction of sp³-hybridized carbons (Fsp3) is 0.647. The van der Waals surface area contributed by atoms with E-state index in [-0.39, 0.29) is 5.41 Å². The van der Waals surface area contributed by atoms with Crippen LogP contribution in [0, 0.1) is 5.41 Å². The Morgan fingerprint density at radius 2 is 1.68 bits per heavy atom. The monoisotopic (exact) mass is 258 g/mol. The van der Waals surface area contributed by atoms with Crippen LogP contribution in [0.25, 0.3) is 0 Å². The summed E-state index contributed by atoms with van der Waals surface area (Å²) in [5.41, 5.74) is 3.78. The molecule has 2 heteroatoms. The number of para-hydroxylation sites is 1. The molecule has 1 aromatic carbocycles. The van der Waals surface area contributed by atoms with E-state index in [1.165, 1.54) is 50.3 Å². The van der Waals surface area contributed by atoms with Gasteiger partial charge in [-0.3, -0.25) is 0 Å². The summed E-state index contributed by atoms with van der Waals surface area (Å²) in [6.07, 6.45) is 2.70. The second-order valence-corrected chi connectivity index (χ2v) is 7.37. The SMILES string of the molecule is CC(C)(C)c1ccccc1N1CC2(CCNCC2)C1. The molecule has 1 aromatic rings. The number of nitrogens with zero attached hydrogens (tertiary/aromatic N) is 1. The van der Waals surface area contributed by atoms with Crippen LogP contribution < -0.4 is 10.2 Å². The zero-order chi connectivity index (χ0) is 13.5. The van der Waals surface area contributed by atoms with Gasteiger partial charge in [0.25, 0.3) is 0 Å². The highest BCUT2D eigenvalue weighted by molar-refractivity contribution is 5.58. The van der Waals surface area contributed by atoms with Crippen molar-refractivity contribution >= 4 is 5.69 Å². The van der Waals surface area contributed by atoms with Gasteiger partial charge in [-0.1, -0.05) is 39.0 Å². The van der Waals surface area contributed by atoms with Crippen LogP contribution >= 0.6 is 0 Å². The molecule has 0 aliphatic carbocycles. The van der Waals surface area contributed by atoms with Gasteiger partial charge in [0.15, 0.2) is 0 Å². The Balaban J connectivity index is 1.78. The van der Waals surface area contributed by atoms with Crippen LogP contribution in [0.3, 0.4) is 0 Å². The van der Waals surface area contributed by atoms with E-state index >= 15 is 0 Å². The molecule has 1 N–H and O–H groups in total. The summed E-state index contributed by atoms with van der Waals surface area (Å²) < 4.78 is 0. The van der Waals surface area contributed by atoms with Crippen molar-refractivity contribution in [3.63, 3.8) is 0 Å². The van der Waals surface area contributed by atoms with Crippen molar-refractivity contribution in [3.05, 3.63) is 29.8 Å². The van der Waals surface area contributed by atoms with Crippen LogP contribution in [0.15, 0.2) is 24.3 Å². The van der Waals surface area contributed by atoms with Gasteiger partial charge in [0.1, 0.15) is 0 Å². The first-order valence-corrected chi connectivity index (χ1v) is 7.55. The Labute approximate surface area is 117 Å². The molecule has 0 atom stereocenters. The molecular weight excluding hydrogens is 232 g/mol. The Morgan fingerprint density at radius 1 is 1.05 bits per heavy atom. The fourth-order valence-electron chi connectivity index (χ4n) is 3.59. The maximum absolute atomic E-state index is 3.48. The molecule has 104 valence electrons. The van der Waals surface area contributed by atoms with Gasteiger partial charge in [0, 0.05) is 24.2 Å². The zero-order valence-electron chi connectivity index (χ0n) is 12.5. The van der Waals surface area contributed by atoms with E-state index in [1.807, 2.05) is 0 Å². The Kier molecular flexibility index (Phi) is 3.09. The smallest absolute Gasteiger partial charge is 0.0404 e. The van der Waals surface area contributed by atoms with Gasteiger partial charge in [0.05, 0.1) is 0 Å². The van der Waals surface area contributed by atoms with Gasteiger partial charge >= 0.3 is 0 Å². The van der Waals surface area contributed by atoms with Crippen molar-refractivity contribution in [1.82, 2.24) is 5.32 Å². The number of hydrogen-bond donors (Lipinski definition) is 1. The maximum Gasteiger partial charge on any atom is 0.0404 e. The molecular formula is C17H26N2. The molecule has 3 rings (SSSR count). The topological polar surface area (TPSA) is 15.3 Å². The third-order valence-corrected chi connectivity index (χ3v) is 4.77. The maximum atomic E-state index is 3.48. The Bertz CT molecular complexity index is 445. The van der Waals surface area contributed by atoms with E-state index in [0.29, 0.717) is 5.41 Å². The molecule has 19 heavy (non-hydrogen) atoms. The van der Waals surface area contributed by atoms with Gasteiger partial charge in [0.2, 0.25) is 0 Å². The van der Waals surface area contributed by atoms with E-state index in [0.717, 1.165) is 0 Å². The second-order valence-electron chi connectivity index (χ2n) is 7.37. The summed E-state index contributed by atoms with van der Waals surface area (Å²) in [6, 6.07) is 8.94. The highest BCUT2D eigenvalue weighted by atomic mass is 15.2. The normalized spacial score (nSPS) is 22.4. The van der Waals surface area contributed by atoms with Crippen LogP contribution in [0.5, 0.6) is 0 Å². The predicted molar refractivity (Wildman–Crippen MR) is 81.9 cm³/mol. The number of nitrogens with one attached hydrogen (secondary N) is 1. The highest BCUT2D eigenvalue weighted by Crippen LogP contribution is 2.43. The van der Waals surface area contributed by atoms with Crippen LogP contribution in [0.2, 0.25) is 0 Å². The molecule has 0 aromatic heterocycles. The molecule has 1 spiro atoms. The van der Waals surface area contributed by atoms with Gasteiger partial charge in [-0.05, 0) is 43.0 Å². The lowest BCUT2D eigenvalue weighted by molar-refractivity contribution is 0.149. The molecule has 0 radical (unpaired) electrons. The molecule has 2 fully saturated rings. The standard InChI is InChI=1S/C17H26N2/c1-16(2,3)14-6-4-5-7-15(14)19-12-17(13-19)8-10-18-11-9-17/h4-7,18H,8-13H2,1-3H3. The Morgan fingerprint density at radius 3 is 2.32 bits per heavy atom. The average Bonchev–Trinajstić information content (AvgIpc) is 2.36. The molecule has 2 saturated heterocycles. The van der Waals surface area contributed by atoms with Crippen molar-refractivity contribution in [2.45, 2.75) is 39.0 Å². The van der Waals surface area contributed by atoms with Crippen molar-refractivity contribution in [1.29, 1.82) is 0 Å². The minimum Gasteiger partial charge on any atom is -0.370 e. The van der Waals surface area contributed by atoms with Crippen LogP contribution in [-0.4, -0.2) is 26.2 Å². The van der Waals surface area contributed by atoms with Crippen molar-refractivity contribution in [2.24, 2.45) is 5.41 Å². The molecule has 0 amide bonds. The summed E-state index contributed by atoms with van der Waals surface area (Å²) in [4.78, 5) is 2.59. The van der Waals surface area contributed by atoms with E-state index in [9.17, 15) is 0 Å². The van der Waals surface area contributed by atoms with E-state index in [1.54, 1.807) is 0 Å². The van der Waals surface area contributed by atoms with Crippen molar-refractivity contribution in [3.8, 4) is 0 Å². The van der Waals surface area contributed by atoms with Gasteiger partial charge in [-0.15, -0.1) is 0 Å². The summed E-state index contributed by atoms with van der Waals surface area (Å²) in [5.74, 6) is 0. The largest absolute Gasteiger partial charge is 0.370 e. The first kappa shape index (κ1) is 13.0. The first-order valence-electron chi connectivity index (χ1n) is 7.55. The number of benzene rings is 1. The fourth-order valence-corrected chi connectivity index (χ4v) is 3.59. The van der Waals surface area contributed by atoms with E-state index in [2.05, 4.69) is 55.3 Å². The van der Waals surface area contributed by atoms with Gasteiger partial charge in [-0.25, -0.2) is 0 Å². The van der Waals surface area contributed by atoms with E-state index in [4.69, 9.17) is 0 Å². The molecule has 2 heterocycles. The summed E-state index contributed by atoms with van der Waals surface area (Å²) >= 11 is 0. The lowest BCUT2D eigenvalue weighted by Gasteiger charge is -2.54. The van der Waals surface area contributed by atoms with Gasteiger partial charge in [-0.2, -0.15) is 0 Å². The summed E-state index contributed by atoms with van der Waals surface area (Å²) in [6.45, 7) is 11.8. The summed E-state index contributed by atoms with van der Waals surface area (Å²) in [7, 11) is 0. The molecule has 0 saturated carbocycles.